The number of imidazole rings is 1. The topological polar surface area (TPSA) is 94.5 Å². The summed E-state index contributed by atoms with van der Waals surface area (Å²) in [4.78, 5) is 17.9. The van der Waals surface area contributed by atoms with Crippen LogP contribution >= 0.6 is 0 Å². The zero-order chi connectivity index (χ0) is 18.8. The molecule has 0 aliphatic carbocycles. The predicted octanol–water partition coefficient (Wildman–Crippen LogP) is 3.80. The third kappa shape index (κ3) is 3.31. The maximum atomic E-state index is 5.83. The fraction of sp³-hybridized carbons (Fsp3) is 0.200. The van der Waals surface area contributed by atoms with E-state index in [0.717, 1.165) is 41.2 Å². The number of nitrogens with two attached hydrogens (primary N) is 1. The Morgan fingerprint density at radius 2 is 1.96 bits per heavy atom. The summed E-state index contributed by atoms with van der Waals surface area (Å²) in [5.74, 6) is 1.82. The SMILES string of the molecule is CCc1cccc(Nc2ncc3nc(-c4ccnc(N)c4)n(CC)c3n2)c1. The molecule has 7 nitrogen and oxygen atoms in total. The lowest BCUT2D eigenvalue weighted by molar-refractivity contribution is 0.786. The smallest absolute Gasteiger partial charge is 0.229 e. The van der Waals surface area contributed by atoms with Crippen molar-refractivity contribution in [2.75, 3.05) is 11.1 Å². The third-order valence-corrected chi connectivity index (χ3v) is 4.43. The van der Waals surface area contributed by atoms with Crippen LogP contribution in [0.3, 0.4) is 0 Å². The second-order valence-corrected chi connectivity index (χ2v) is 6.23. The molecule has 3 N–H and O–H groups in total. The van der Waals surface area contributed by atoms with E-state index in [2.05, 4.69) is 45.8 Å². The summed E-state index contributed by atoms with van der Waals surface area (Å²) in [6, 6.07) is 12.0. The van der Waals surface area contributed by atoms with Gasteiger partial charge in [0.1, 0.15) is 17.2 Å². The predicted molar refractivity (Wildman–Crippen MR) is 108 cm³/mol. The molecular formula is C20H21N7. The van der Waals surface area contributed by atoms with Crippen LogP contribution in [-0.4, -0.2) is 24.5 Å². The maximum absolute atomic E-state index is 5.83. The molecule has 0 bridgehead atoms. The lowest BCUT2D eigenvalue weighted by Crippen LogP contribution is -2.02. The second kappa shape index (κ2) is 7.03. The van der Waals surface area contributed by atoms with Crippen LogP contribution in [0.25, 0.3) is 22.6 Å². The molecule has 3 heterocycles. The molecule has 0 aliphatic rings. The van der Waals surface area contributed by atoms with E-state index in [9.17, 15) is 0 Å². The summed E-state index contributed by atoms with van der Waals surface area (Å²) in [5, 5.41) is 3.29. The Labute approximate surface area is 157 Å². The zero-order valence-corrected chi connectivity index (χ0v) is 15.3. The van der Waals surface area contributed by atoms with Crippen molar-refractivity contribution in [1.82, 2.24) is 24.5 Å². The normalized spacial score (nSPS) is 11.0. The number of aryl methyl sites for hydroxylation is 2. The van der Waals surface area contributed by atoms with Gasteiger partial charge in [0.15, 0.2) is 5.65 Å². The molecule has 1 aromatic carbocycles. The van der Waals surface area contributed by atoms with E-state index in [1.54, 1.807) is 12.4 Å². The average Bonchev–Trinajstić information content (AvgIpc) is 3.06. The molecule has 0 amide bonds. The van der Waals surface area contributed by atoms with Gasteiger partial charge in [0.2, 0.25) is 5.95 Å². The highest BCUT2D eigenvalue weighted by molar-refractivity contribution is 5.78. The van der Waals surface area contributed by atoms with Crippen molar-refractivity contribution in [3.05, 3.63) is 54.4 Å². The van der Waals surface area contributed by atoms with Crippen LogP contribution in [0.4, 0.5) is 17.5 Å². The van der Waals surface area contributed by atoms with Crippen LogP contribution in [0.15, 0.2) is 48.8 Å². The molecule has 0 spiro atoms. The van der Waals surface area contributed by atoms with Gasteiger partial charge in [0, 0.05) is 24.0 Å². The first-order valence-corrected chi connectivity index (χ1v) is 8.99. The minimum Gasteiger partial charge on any atom is -0.384 e. The van der Waals surface area contributed by atoms with E-state index >= 15 is 0 Å². The van der Waals surface area contributed by atoms with Gasteiger partial charge in [-0.1, -0.05) is 19.1 Å². The fourth-order valence-electron chi connectivity index (χ4n) is 3.08. The Kier molecular flexibility index (Phi) is 4.42. The molecule has 136 valence electrons. The lowest BCUT2D eigenvalue weighted by atomic mass is 10.1. The van der Waals surface area contributed by atoms with Crippen LogP contribution in [0.5, 0.6) is 0 Å². The van der Waals surface area contributed by atoms with Crippen molar-refractivity contribution in [3.63, 3.8) is 0 Å². The lowest BCUT2D eigenvalue weighted by Gasteiger charge is -2.08. The number of aromatic nitrogens is 5. The van der Waals surface area contributed by atoms with Crippen molar-refractivity contribution >= 4 is 28.6 Å². The number of fused-ring (bicyclic) bond motifs is 1. The van der Waals surface area contributed by atoms with Crippen molar-refractivity contribution in [2.45, 2.75) is 26.8 Å². The molecule has 3 aromatic heterocycles. The minimum absolute atomic E-state index is 0.464. The molecular weight excluding hydrogens is 338 g/mol. The molecule has 0 radical (unpaired) electrons. The molecule has 0 saturated heterocycles. The van der Waals surface area contributed by atoms with Crippen LogP contribution in [-0.2, 0) is 13.0 Å². The molecule has 0 unspecified atom stereocenters. The second-order valence-electron chi connectivity index (χ2n) is 6.23. The molecule has 27 heavy (non-hydrogen) atoms. The number of hydrogen-bond acceptors (Lipinski definition) is 6. The highest BCUT2D eigenvalue weighted by Crippen LogP contribution is 2.25. The number of nitrogens with one attached hydrogen (secondary N) is 1. The summed E-state index contributed by atoms with van der Waals surface area (Å²) in [7, 11) is 0. The summed E-state index contributed by atoms with van der Waals surface area (Å²) in [6.07, 6.45) is 4.41. The Morgan fingerprint density at radius 1 is 1.07 bits per heavy atom. The highest BCUT2D eigenvalue weighted by Gasteiger charge is 2.14. The molecule has 0 atom stereocenters. The molecule has 0 aliphatic heterocycles. The number of anilines is 3. The molecule has 4 aromatic rings. The number of benzene rings is 1. The number of hydrogen-bond donors (Lipinski definition) is 2. The Hall–Kier alpha value is -3.48. The van der Waals surface area contributed by atoms with E-state index < -0.39 is 0 Å². The number of nitrogens with zero attached hydrogens (tertiary/aromatic N) is 5. The number of rotatable bonds is 5. The van der Waals surface area contributed by atoms with Gasteiger partial charge in [-0.15, -0.1) is 0 Å². The van der Waals surface area contributed by atoms with Crippen molar-refractivity contribution in [1.29, 1.82) is 0 Å². The van der Waals surface area contributed by atoms with Crippen molar-refractivity contribution in [3.8, 4) is 11.4 Å². The van der Waals surface area contributed by atoms with Crippen molar-refractivity contribution < 1.29 is 0 Å². The van der Waals surface area contributed by atoms with Crippen molar-refractivity contribution in [2.24, 2.45) is 0 Å². The van der Waals surface area contributed by atoms with Gasteiger partial charge in [-0.25, -0.2) is 15.0 Å². The summed E-state index contributed by atoms with van der Waals surface area (Å²) in [5.41, 5.74) is 10.5. The highest BCUT2D eigenvalue weighted by atomic mass is 15.2. The summed E-state index contributed by atoms with van der Waals surface area (Å²) in [6.45, 7) is 4.93. The standard InChI is InChI=1S/C20H21N7/c1-3-13-6-5-7-15(10-13)24-20-23-12-16-19(26-20)27(4-2)18(25-16)14-8-9-22-17(21)11-14/h5-12H,3-4H2,1-2H3,(H2,21,22)(H,23,24,26). The Balaban J connectivity index is 1.75. The summed E-state index contributed by atoms with van der Waals surface area (Å²) < 4.78 is 2.05. The quantitative estimate of drug-likeness (QED) is 0.563. The van der Waals surface area contributed by atoms with E-state index in [4.69, 9.17) is 15.7 Å². The fourth-order valence-corrected chi connectivity index (χ4v) is 3.08. The van der Waals surface area contributed by atoms with Gasteiger partial charge >= 0.3 is 0 Å². The Bertz CT molecular complexity index is 1100. The van der Waals surface area contributed by atoms with Gasteiger partial charge in [-0.3, -0.25) is 0 Å². The first kappa shape index (κ1) is 17.0. The van der Waals surface area contributed by atoms with E-state index in [-0.39, 0.29) is 0 Å². The Morgan fingerprint density at radius 3 is 2.74 bits per heavy atom. The van der Waals surface area contributed by atoms with E-state index in [0.29, 0.717) is 11.8 Å². The third-order valence-electron chi connectivity index (χ3n) is 4.43. The van der Waals surface area contributed by atoms with Gasteiger partial charge in [0.05, 0.1) is 6.20 Å². The van der Waals surface area contributed by atoms with Gasteiger partial charge < -0.3 is 15.6 Å². The monoisotopic (exact) mass is 359 g/mol. The number of nitrogen functional groups attached to an aromatic ring is 1. The molecule has 7 heteroatoms. The van der Waals surface area contributed by atoms with Gasteiger partial charge in [-0.2, -0.15) is 4.98 Å². The largest absolute Gasteiger partial charge is 0.384 e. The van der Waals surface area contributed by atoms with Crippen LogP contribution in [0.2, 0.25) is 0 Å². The van der Waals surface area contributed by atoms with Crippen LogP contribution in [0, 0.1) is 0 Å². The molecule has 4 rings (SSSR count). The first-order chi connectivity index (χ1) is 13.2. The first-order valence-electron chi connectivity index (χ1n) is 8.99. The van der Waals surface area contributed by atoms with E-state index in [1.807, 2.05) is 24.3 Å². The molecule has 0 fully saturated rings. The zero-order valence-electron chi connectivity index (χ0n) is 15.3. The average molecular weight is 359 g/mol. The van der Waals surface area contributed by atoms with E-state index in [1.165, 1.54) is 5.56 Å². The van der Waals surface area contributed by atoms with Crippen LogP contribution < -0.4 is 11.1 Å². The van der Waals surface area contributed by atoms with Crippen LogP contribution in [0.1, 0.15) is 19.4 Å². The van der Waals surface area contributed by atoms with Gasteiger partial charge in [0.25, 0.3) is 0 Å². The molecule has 0 saturated carbocycles. The maximum Gasteiger partial charge on any atom is 0.229 e. The summed E-state index contributed by atoms with van der Waals surface area (Å²) >= 11 is 0. The van der Waals surface area contributed by atoms with Gasteiger partial charge in [-0.05, 0) is 43.2 Å². The number of pyridine rings is 1. The minimum atomic E-state index is 0.464.